The van der Waals surface area contributed by atoms with Crippen molar-refractivity contribution < 1.29 is 14.3 Å². The molecule has 1 N–H and O–H groups in total. The zero-order valence-corrected chi connectivity index (χ0v) is 11.7. The molecule has 0 bridgehead atoms. The molecule has 104 valence electrons. The number of rotatable bonds is 7. The van der Waals surface area contributed by atoms with E-state index >= 15 is 0 Å². The molecule has 1 atom stereocenters. The highest BCUT2D eigenvalue weighted by molar-refractivity contribution is 5.88. The largest absolute Gasteiger partial charge is 0.367 e. The zero-order valence-electron chi connectivity index (χ0n) is 11.7. The van der Waals surface area contributed by atoms with Gasteiger partial charge in [-0.3, -0.25) is 9.59 Å². The average Bonchev–Trinajstić information content (AvgIpc) is 2.36. The van der Waals surface area contributed by atoms with Crippen LogP contribution < -0.4 is 5.32 Å². The molecule has 4 heteroatoms. The smallest absolute Gasteiger partial charge is 0.246 e. The topological polar surface area (TPSA) is 55.4 Å². The number of ether oxygens (including phenoxy) is 1. The Kier molecular flexibility index (Phi) is 6.22. The second-order valence-electron chi connectivity index (χ2n) is 4.88. The standard InChI is InChI=1S/C15H21NO3/c1-11(2)15(12(3)17)16-14(18)10-19-9-13-7-5-4-6-8-13/h4-8,11,15H,9-10H2,1-3H3,(H,16,18). The molecule has 0 aliphatic heterocycles. The van der Waals surface area contributed by atoms with Gasteiger partial charge in [-0.15, -0.1) is 0 Å². The van der Waals surface area contributed by atoms with Crippen LogP contribution in [0.25, 0.3) is 0 Å². The molecular weight excluding hydrogens is 242 g/mol. The number of hydrogen-bond donors (Lipinski definition) is 1. The lowest BCUT2D eigenvalue weighted by atomic mass is 10.0. The summed E-state index contributed by atoms with van der Waals surface area (Å²) in [5.41, 5.74) is 1.02. The predicted molar refractivity (Wildman–Crippen MR) is 73.5 cm³/mol. The van der Waals surface area contributed by atoms with Crippen molar-refractivity contribution >= 4 is 11.7 Å². The van der Waals surface area contributed by atoms with E-state index in [-0.39, 0.29) is 24.2 Å². The van der Waals surface area contributed by atoms with Crippen molar-refractivity contribution in [2.45, 2.75) is 33.4 Å². The second kappa shape index (κ2) is 7.69. The van der Waals surface area contributed by atoms with E-state index in [1.54, 1.807) is 0 Å². The molecule has 0 heterocycles. The third kappa shape index (κ3) is 5.66. The van der Waals surface area contributed by atoms with Crippen molar-refractivity contribution in [1.29, 1.82) is 0 Å². The van der Waals surface area contributed by atoms with Gasteiger partial charge in [0.25, 0.3) is 0 Å². The molecule has 1 aromatic carbocycles. The van der Waals surface area contributed by atoms with E-state index in [0.29, 0.717) is 6.61 Å². The van der Waals surface area contributed by atoms with Crippen LogP contribution in [0.4, 0.5) is 0 Å². The molecule has 0 aromatic heterocycles. The van der Waals surface area contributed by atoms with Crippen molar-refractivity contribution in [3.63, 3.8) is 0 Å². The number of nitrogens with one attached hydrogen (secondary N) is 1. The van der Waals surface area contributed by atoms with Gasteiger partial charge in [0.05, 0.1) is 12.6 Å². The van der Waals surface area contributed by atoms with Crippen LogP contribution in [-0.4, -0.2) is 24.3 Å². The number of benzene rings is 1. The van der Waals surface area contributed by atoms with Crippen molar-refractivity contribution in [2.75, 3.05) is 6.61 Å². The van der Waals surface area contributed by atoms with Crippen LogP contribution in [0.1, 0.15) is 26.3 Å². The zero-order chi connectivity index (χ0) is 14.3. The Balaban J connectivity index is 2.33. The monoisotopic (exact) mass is 263 g/mol. The number of carbonyl (C=O) groups is 2. The van der Waals surface area contributed by atoms with E-state index in [2.05, 4.69) is 5.32 Å². The van der Waals surface area contributed by atoms with Crippen molar-refractivity contribution in [2.24, 2.45) is 5.92 Å². The first-order valence-electron chi connectivity index (χ1n) is 6.42. The third-order valence-electron chi connectivity index (χ3n) is 2.77. The average molecular weight is 263 g/mol. The first-order chi connectivity index (χ1) is 9.00. The Morgan fingerprint density at radius 1 is 1.21 bits per heavy atom. The molecule has 1 rings (SSSR count). The summed E-state index contributed by atoms with van der Waals surface area (Å²) in [5, 5.41) is 2.69. The minimum atomic E-state index is -0.437. The number of hydrogen-bond acceptors (Lipinski definition) is 3. The Labute approximate surface area is 114 Å². The highest BCUT2D eigenvalue weighted by Crippen LogP contribution is 2.03. The van der Waals surface area contributed by atoms with Gasteiger partial charge in [0.1, 0.15) is 6.61 Å². The molecule has 0 aliphatic rings. The lowest BCUT2D eigenvalue weighted by molar-refractivity contribution is -0.131. The summed E-state index contributed by atoms with van der Waals surface area (Å²) in [5.74, 6) is -0.216. The van der Waals surface area contributed by atoms with Gasteiger partial charge in [-0.05, 0) is 18.4 Å². The summed E-state index contributed by atoms with van der Waals surface area (Å²) in [6.45, 7) is 5.64. The quantitative estimate of drug-likeness (QED) is 0.818. The summed E-state index contributed by atoms with van der Waals surface area (Å²) < 4.78 is 5.32. The van der Waals surface area contributed by atoms with E-state index in [1.807, 2.05) is 44.2 Å². The maximum atomic E-state index is 11.7. The summed E-state index contributed by atoms with van der Waals surface area (Å²) in [6, 6.07) is 9.20. The molecule has 0 radical (unpaired) electrons. The van der Waals surface area contributed by atoms with Crippen molar-refractivity contribution in [3.05, 3.63) is 35.9 Å². The minimum Gasteiger partial charge on any atom is -0.367 e. The fourth-order valence-electron chi connectivity index (χ4n) is 1.79. The van der Waals surface area contributed by atoms with Crippen LogP contribution in [0.2, 0.25) is 0 Å². The van der Waals surface area contributed by atoms with E-state index < -0.39 is 6.04 Å². The second-order valence-corrected chi connectivity index (χ2v) is 4.88. The number of carbonyl (C=O) groups excluding carboxylic acids is 2. The highest BCUT2D eigenvalue weighted by atomic mass is 16.5. The first-order valence-corrected chi connectivity index (χ1v) is 6.42. The summed E-state index contributed by atoms with van der Waals surface area (Å²) in [7, 11) is 0. The summed E-state index contributed by atoms with van der Waals surface area (Å²) >= 11 is 0. The number of Topliss-reactive ketones (excluding diaryl/α,β-unsaturated/α-hetero) is 1. The molecular formula is C15H21NO3. The Morgan fingerprint density at radius 2 is 1.84 bits per heavy atom. The molecule has 1 unspecified atom stereocenters. The Bertz CT molecular complexity index is 415. The Hall–Kier alpha value is -1.68. The summed E-state index contributed by atoms with van der Waals surface area (Å²) in [4.78, 5) is 23.0. The van der Waals surface area contributed by atoms with Gasteiger partial charge < -0.3 is 10.1 Å². The third-order valence-corrected chi connectivity index (χ3v) is 2.77. The van der Waals surface area contributed by atoms with E-state index in [1.165, 1.54) is 6.92 Å². The van der Waals surface area contributed by atoms with E-state index in [9.17, 15) is 9.59 Å². The van der Waals surface area contributed by atoms with Gasteiger partial charge in [-0.2, -0.15) is 0 Å². The molecule has 0 saturated carbocycles. The Morgan fingerprint density at radius 3 is 2.37 bits per heavy atom. The molecule has 1 amide bonds. The molecule has 0 fully saturated rings. The molecule has 1 aromatic rings. The van der Waals surface area contributed by atoms with Gasteiger partial charge >= 0.3 is 0 Å². The SMILES string of the molecule is CC(=O)C(NC(=O)COCc1ccccc1)C(C)C. The molecule has 0 saturated heterocycles. The lowest BCUT2D eigenvalue weighted by Gasteiger charge is -2.19. The van der Waals surface area contributed by atoms with E-state index in [4.69, 9.17) is 4.74 Å². The fourth-order valence-corrected chi connectivity index (χ4v) is 1.79. The van der Waals surface area contributed by atoms with Crippen molar-refractivity contribution in [1.82, 2.24) is 5.32 Å². The normalized spacial score (nSPS) is 12.2. The lowest BCUT2D eigenvalue weighted by Crippen LogP contribution is -2.44. The van der Waals surface area contributed by atoms with E-state index in [0.717, 1.165) is 5.56 Å². The fraction of sp³-hybridized carbons (Fsp3) is 0.467. The van der Waals surface area contributed by atoms with Crippen LogP contribution in [0.3, 0.4) is 0 Å². The van der Waals surface area contributed by atoms with Crippen LogP contribution in [0.5, 0.6) is 0 Å². The predicted octanol–water partition coefficient (Wildman–Crippen LogP) is 1.93. The van der Waals surface area contributed by atoms with Gasteiger partial charge in [0.15, 0.2) is 5.78 Å². The molecule has 4 nitrogen and oxygen atoms in total. The van der Waals surface area contributed by atoms with Crippen LogP contribution in [0.15, 0.2) is 30.3 Å². The first kappa shape index (κ1) is 15.4. The molecule has 0 aliphatic carbocycles. The van der Waals surface area contributed by atoms with Crippen LogP contribution in [-0.2, 0) is 20.9 Å². The molecule has 19 heavy (non-hydrogen) atoms. The minimum absolute atomic E-state index is 0.0357. The van der Waals surface area contributed by atoms with Gasteiger partial charge in [0, 0.05) is 0 Å². The molecule has 0 spiro atoms. The van der Waals surface area contributed by atoms with Gasteiger partial charge in [-0.25, -0.2) is 0 Å². The maximum absolute atomic E-state index is 11.7. The maximum Gasteiger partial charge on any atom is 0.246 e. The highest BCUT2D eigenvalue weighted by Gasteiger charge is 2.20. The van der Waals surface area contributed by atoms with Crippen molar-refractivity contribution in [3.8, 4) is 0 Å². The number of amides is 1. The van der Waals surface area contributed by atoms with Gasteiger partial charge in [-0.1, -0.05) is 44.2 Å². The summed E-state index contributed by atoms with van der Waals surface area (Å²) in [6.07, 6.45) is 0. The van der Waals surface area contributed by atoms with Crippen LogP contribution >= 0.6 is 0 Å². The van der Waals surface area contributed by atoms with Crippen LogP contribution in [0, 0.1) is 5.92 Å². The number of ketones is 1. The van der Waals surface area contributed by atoms with Gasteiger partial charge in [0.2, 0.25) is 5.91 Å².